The quantitative estimate of drug-likeness (QED) is 0.831. The predicted octanol–water partition coefficient (Wildman–Crippen LogP) is 1.53. The molecule has 3 unspecified atom stereocenters. The number of morpholine rings is 1. The summed E-state index contributed by atoms with van der Waals surface area (Å²) in [6.45, 7) is 4.22. The van der Waals surface area contributed by atoms with Crippen molar-refractivity contribution in [3.63, 3.8) is 0 Å². The van der Waals surface area contributed by atoms with E-state index in [9.17, 15) is 4.79 Å². The maximum Gasteiger partial charge on any atom is 0.222 e. The van der Waals surface area contributed by atoms with Crippen LogP contribution in [0.5, 0.6) is 0 Å². The number of hydrogen-bond acceptors (Lipinski definition) is 3. The van der Waals surface area contributed by atoms with Crippen molar-refractivity contribution in [2.45, 2.75) is 57.6 Å². The van der Waals surface area contributed by atoms with E-state index in [1.54, 1.807) is 0 Å². The lowest BCUT2D eigenvalue weighted by atomic mass is 9.83. The Morgan fingerprint density at radius 3 is 3.00 bits per heavy atom. The van der Waals surface area contributed by atoms with Gasteiger partial charge in [-0.25, -0.2) is 0 Å². The highest BCUT2D eigenvalue weighted by Crippen LogP contribution is 2.27. The molecule has 3 atom stereocenters. The van der Waals surface area contributed by atoms with E-state index in [4.69, 9.17) is 10.5 Å². The Bertz CT molecular complexity index is 283. The molecule has 2 fully saturated rings. The normalized spacial score (nSPS) is 33.4. The highest BCUT2D eigenvalue weighted by atomic mass is 16.5. The Morgan fingerprint density at radius 2 is 2.28 bits per heavy atom. The van der Waals surface area contributed by atoms with Crippen molar-refractivity contribution in [1.82, 2.24) is 4.90 Å². The Labute approximate surface area is 110 Å². The number of carbonyl (C=O) groups excluding carboxylic acids is 1. The molecule has 0 radical (unpaired) electrons. The molecule has 2 aliphatic rings. The molecule has 2 rings (SSSR count). The van der Waals surface area contributed by atoms with Gasteiger partial charge >= 0.3 is 0 Å². The fourth-order valence-corrected chi connectivity index (χ4v) is 3.13. The molecule has 0 aromatic heterocycles. The lowest BCUT2D eigenvalue weighted by molar-refractivity contribution is -0.138. The summed E-state index contributed by atoms with van der Waals surface area (Å²) in [7, 11) is 0. The van der Waals surface area contributed by atoms with Crippen LogP contribution in [-0.4, -0.2) is 42.6 Å². The van der Waals surface area contributed by atoms with Gasteiger partial charge in [0.25, 0.3) is 0 Å². The second-order valence-electron chi connectivity index (χ2n) is 5.85. The molecule has 2 N–H and O–H groups in total. The van der Waals surface area contributed by atoms with E-state index in [1.807, 2.05) is 11.8 Å². The number of carbonyl (C=O) groups is 1. The first kappa shape index (κ1) is 13.8. The van der Waals surface area contributed by atoms with Crippen LogP contribution in [0.2, 0.25) is 0 Å². The Hall–Kier alpha value is -0.610. The molecule has 4 heteroatoms. The molecule has 1 aliphatic heterocycles. The maximum absolute atomic E-state index is 12.1. The number of ether oxygens (including phenoxy) is 1. The summed E-state index contributed by atoms with van der Waals surface area (Å²) in [5, 5.41) is 0. The van der Waals surface area contributed by atoms with Crippen molar-refractivity contribution in [3.05, 3.63) is 0 Å². The number of amides is 1. The molecular formula is C14H26N2O2. The van der Waals surface area contributed by atoms with Crippen molar-refractivity contribution in [3.8, 4) is 0 Å². The lowest BCUT2D eigenvalue weighted by Crippen LogP contribution is -2.44. The smallest absolute Gasteiger partial charge is 0.222 e. The zero-order valence-corrected chi connectivity index (χ0v) is 11.4. The van der Waals surface area contributed by atoms with E-state index in [0.717, 1.165) is 32.4 Å². The molecule has 104 valence electrons. The molecular weight excluding hydrogens is 228 g/mol. The summed E-state index contributed by atoms with van der Waals surface area (Å²) >= 11 is 0. The van der Waals surface area contributed by atoms with Crippen molar-refractivity contribution in [2.75, 3.05) is 19.7 Å². The standard InChI is InChI=1S/C14H26N2O2/c1-11-10-16(7-8-18-11)14(17)6-5-12-3-2-4-13(15)9-12/h11-13H,2-10,15H2,1H3. The van der Waals surface area contributed by atoms with Crippen LogP contribution < -0.4 is 5.73 Å². The summed E-state index contributed by atoms with van der Waals surface area (Å²) in [6, 6.07) is 0.363. The lowest BCUT2D eigenvalue weighted by Gasteiger charge is -2.32. The first-order valence-corrected chi connectivity index (χ1v) is 7.30. The minimum atomic E-state index is 0.186. The fraction of sp³-hybridized carbons (Fsp3) is 0.929. The van der Waals surface area contributed by atoms with Gasteiger partial charge in [-0.3, -0.25) is 4.79 Å². The molecule has 0 aromatic rings. The van der Waals surface area contributed by atoms with Gasteiger partial charge in [0.1, 0.15) is 0 Å². The van der Waals surface area contributed by atoms with E-state index in [0.29, 0.717) is 30.9 Å². The summed E-state index contributed by atoms with van der Waals surface area (Å²) < 4.78 is 5.46. The van der Waals surface area contributed by atoms with Gasteiger partial charge in [0.15, 0.2) is 0 Å². The third kappa shape index (κ3) is 3.95. The zero-order chi connectivity index (χ0) is 13.0. The summed E-state index contributed by atoms with van der Waals surface area (Å²) in [4.78, 5) is 14.1. The predicted molar refractivity (Wildman–Crippen MR) is 71.2 cm³/mol. The number of hydrogen-bond donors (Lipinski definition) is 1. The van der Waals surface area contributed by atoms with Crippen LogP contribution in [0.4, 0.5) is 0 Å². The third-order valence-electron chi connectivity index (χ3n) is 4.18. The molecule has 0 spiro atoms. The van der Waals surface area contributed by atoms with Gasteiger partial charge < -0.3 is 15.4 Å². The van der Waals surface area contributed by atoms with E-state index in [1.165, 1.54) is 12.8 Å². The van der Waals surface area contributed by atoms with E-state index in [-0.39, 0.29) is 6.10 Å². The largest absolute Gasteiger partial charge is 0.375 e. The SMILES string of the molecule is CC1CN(C(=O)CCC2CCCC(N)C2)CCO1. The molecule has 1 saturated carbocycles. The van der Waals surface area contributed by atoms with Crippen LogP contribution >= 0.6 is 0 Å². The van der Waals surface area contributed by atoms with Crippen LogP contribution in [0.1, 0.15) is 45.4 Å². The minimum absolute atomic E-state index is 0.186. The number of nitrogens with two attached hydrogens (primary N) is 1. The Morgan fingerprint density at radius 1 is 1.44 bits per heavy atom. The zero-order valence-electron chi connectivity index (χ0n) is 11.4. The molecule has 1 amide bonds. The first-order valence-electron chi connectivity index (χ1n) is 7.30. The monoisotopic (exact) mass is 254 g/mol. The molecule has 18 heavy (non-hydrogen) atoms. The van der Waals surface area contributed by atoms with Crippen LogP contribution in [0.25, 0.3) is 0 Å². The van der Waals surface area contributed by atoms with Gasteiger partial charge in [0, 0.05) is 25.6 Å². The topological polar surface area (TPSA) is 55.6 Å². The van der Waals surface area contributed by atoms with Crippen molar-refractivity contribution in [2.24, 2.45) is 11.7 Å². The van der Waals surface area contributed by atoms with Gasteiger partial charge in [-0.1, -0.05) is 12.8 Å². The summed E-state index contributed by atoms with van der Waals surface area (Å²) in [5.74, 6) is 0.959. The van der Waals surface area contributed by atoms with Crippen molar-refractivity contribution >= 4 is 5.91 Å². The highest BCUT2D eigenvalue weighted by molar-refractivity contribution is 5.76. The average molecular weight is 254 g/mol. The average Bonchev–Trinajstić information content (AvgIpc) is 2.36. The van der Waals surface area contributed by atoms with E-state index >= 15 is 0 Å². The number of rotatable bonds is 3. The molecule has 1 aliphatic carbocycles. The molecule has 1 saturated heterocycles. The highest BCUT2D eigenvalue weighted by Gasteiger charge is 2.24. The summed E-state index contributed by atoms with van der Waals surface area (Å²) in [6.07, 6.45) is 6.63. The summed E-state index contributed by atoms with van der Waals surface area (Å²) in [5.41, 5.74) is 5.98. The van der Waals surface area contributed by atoms with E-state index < -0.39 is 0 Å². The van der Waals surface area contributed by atoms with E-state index in [2.05, 4.69) is 0 Å². The molecule has 1 heterocycles. The van der Waals surface area contributed by atoms with Gasteiger partial charge in [-0.15, -0.1) is 0 Å². The molecule has 0 bridgehead atoms. The maximum atomic E-state index is 12.1. The van der Waals surface area contributed by atoms with Crippen LogP contribution in [0.3, 0.4) is 0 Å². The molecule has 0 aromatic carbocycles. The first-order chi connectivity index (χ1) is 8.65. The Kier molecular flexibility index (Phi) is 5.01. The van der Waals surface area contributed by atoms with Gasteiger partial charge in [-0.05, 0) is 32.1 Å². The van der Waals surface area contributed by atoms with Crippen molar-refractivity contribution < 1.29 is 9.53 Å². The minimum Gasteiger partial charge on any atom is -0.375 e. The molecule has 4 nitrogen and oxygen atoms in total. The van der Waals surface area contributed by atoms with Gasteiger partial charge in [-0.2, -0.15) is 0 Å². The van der Waals surface area contributed by atoms with Gasteiger partial charge in [0.05, 0.1) is 12.7 Å². The van der Waals surface area contributed by atoms with Crippen LogP contribution in [0.15, 0.2) is 0 Å². The fourth-order valence-electron chi connectivity index (χ4n) is 3.13. The Balaban J connectivity index is 1.70. The van der Waals surface area contributed by atoms with Crippen LogP contribution in [-0.2, 0) is 9.53 Å². The van der Waals surface area contributed by atoms with Crippen molar-refractivity contribution in [1.29, 1.82) is 0 Å². The van der Waals surface area contributed by atoms with Crippen LogP contribution in [0, 0.1) is 5.92 Å². The van der Waals surface area contributed by atoms with Gasteiger partial charge in [0.2, 0.25) is 5.91 Å². The third-order valence-corrected chi connectivity index (χ3v) is 4.18. The second-order valence-corrected chi connectivity index (χ2v) is 5.85. The number of nitrogens with zero attached hydrogens (tertiary/aromatic N) is 1. The second kappa shape index (κ2) is 6.53.